The lowest BCUT2D eigenvalue weighted by atomic mass is 9.83. The van der Waals surface area contributed by atoms with Crippen molar-refractivity contribution in [2.24, 2.45) is 17.2 Å². The topological polar surface area (TPSA) is 297 Å². The van der Waals surface area contributed by atoms with Gasteiger partial charge in [0.2, 0.25) is 12.2 Å². The number of ether oxygens (including phenoxy) is 4. The number of carbonyl (C=O) groups excluding carboxylic acids is 1. The lowest BCUT2D eigenvalue weighted by Crippen LogP contribution is -2.69. The van der Waals surface area contributed by atoms with Crippen molar-refractivity contribution < 1.29 is 44.2 Å². The van der Waals surface area contributed by atoms with Crippen LogP contribution in [0, 0.1) is 5.41 Å². The number of nitrogens with two attached hydrogens (primary N) is 3. The van der Waals surface area contributed by atoms with Gasteiger partial charge in [-0.25, -0.2) is 0 Å². The quantitative estimate of drug-likeness (QED) is 0.0655. The minimum atomic E-state index is -1.47. The standard InChI is InChI=1S/C27H51N9O9/c1-27(41)11-42-25(19(39)22(27)32-2)45-21-16(36-23(40)17(37)5-6-34-26(30)31)7-14(29)20(18(21)38)44-24-15(35-12-9-33-10-12)4-3-13(8-28)43-24/h3,12,14-22,24-25,32-33,35,37-39,41H,4-11,28-29H2,1-2H3,(H,36,40)(H4,30,31,34)/t14-,15+,16+,17-,18-,19+,20?,21-,22+,24+,25+,27-/m0/s1. The summed E-state index contributed by atoms with van der Waals surface area (Å²) in [5, 5.41) is 65.9. The highest BCUT2D eigenvalue weighted by Crippen LogP contribution is 2.32. The fourth-order valence-corrected chi connectivity index (χ4v) is 6.13. The molecule has 0 aromatic rings. The first-order chi connectivity index (χ1) is 21.3. The van der Waals surface area contributed by atoms with Crippen LogP contribution in [0.25, 0.3) is 0 Å². The molecule has 4 aliphatic rings. The Bertz CT molecular complexity index is 1040. The highest BCUT2D eigenvalue weighted by Gasteiger charge is 2.52. The summed E-state index contributed by atoms with van der Waals surface area (Å²) in [5.74, 6) is -0.518. The van der Waals surface area contributed by atoms with Crippen molar-refractivity contribution in [1.82, 2.24) is 26.6 Å². The van der Waals surface area contributed by atoms with Crippen molar-refractivity contribution in [3.05, 3.63) is 11.8 Å². The molecule has 12 atom stereocenters. The van der Waals surface area contributed by atoms with Crippen LogP contribution in [0.15, 0.2) is 11.8 Å². The first kappa shape index (κ1) is 35.7. The fourth-order valence-electron chi connectivity index (χ4n) is 6.13. The van der Waals surface area contributed by atoms with E-state index in [9.17, 15) is 25.2 Å². The number of hydrogen-bond donors (Lipinski definition) is 13. The molecular weight excluding hydrogens is 594 g/mol. The molecule has 18 heteroatoms. The Morgan fingerprint density at radius 2 is 1.93 bits per heavy atom. The van der Waals surface area contributed by atoms with E-state index >= 15 is 0 Å². The predicted molar refractivity (Wildman–Crippen MR) is 160 cm³/mol. The lowest BCUT2D eigenvalue weighted by molar-refractivity contribution is -0.304. The summed E-state index contributed by atoms with van der Waals surface area (Å²) in [5.41, 5.74) is 16.2. The summed E-state index contributed by atoms with van der Waals surface area (Å²) in [6.45, 7) is 3.15. The average molecular weight is 646 g/mol. The maximum absolute atomic E-state index is 13.0. The van der Waals surface area contributed by atoms with Gasteiger partial charge in [0.15, 0.2) is 12.2 Å². The third-order valence-corrected chi connectivity index (χ3v) is 8.73. The number of aliphatic hydroxyl groups is 4. The summed E-state index contributed by atoms with van der Waals surface area (Å²) < 4.78 is 24.2. The monoisotopic (exact) mass is 645 g/mol. The zero-order chi connectivity index (χ0) is 32.9. The highest BCUT2D eigenvalue weighted by atomic mass is 16.7. The fraction of sp³-hybridized carbons (Fsp3) is 0.852. The summed E-state index contributed by atoms with van der Waals surface area (Å²) >= 11 is 0. The van der Waals surface area contributed by atoms with E-state index in [0.717, 1.165) is 13.1 Å². The molecule has 258 valence electrons. The van der Waals surface area contributed by atoms with Gasteiger partial charge in [-0.1, -0.05) is 0 Å². The van der Waals surface area contributed by atoms with Crippen LogP contribution in [0.1, 0.15) is 26.2 Å². The van der Waals surface area contributed by atoms with E-state index in [-0.39, 0.29) is 50.6 Å². The van der Waals surface area contributed by atoms with E-state index in [1.165, 1.54) is 6.92 Å². The van der Waals surface area contributed by atoms with E-state index in [0.29, 0.717) is 12.2 Å². The van der Waals surface area contributed by atoms with Crippen molar-refractivity contribution in [3.63, 3.8) is 0 Å². The molecule has 3 aliphatic heterocycles. The summed E-state index contributed by atoms with van der Waals surface area (Å²) in [6, 6.07) is -2.63. The molecule has 0 bridgehead atoms. The lowest BCUT2D eigenvalue weighted by Gasteiger charge is -2.49. The Hall–Kier alpha value is -2.20. The summed E-state index contributed by atoms with van der Waals surface area (Å²) in [7, 11) is 1.58. The van der Waals surface area contributed by atoms with Gasteiger partial charge in [0.25, 0.3) is 0 Å². The average Bonchev–Trinajstić information content (AvgIpc) is 2.96. The molecule has 1 aliphatic carbocycles. The number of likely N-dealkylation sites (N-methyl/N-ethyl adjacent to an activating group) is 1. The second kappa shape index (κ2) is 15.6. The van der Waals surface area contributed by atoms with E-state index in [2.05, 4.69) is 26.6 Å². The van der Waals surface area contributed by atoms with Crippen LogP contribution in [0.4, 0.5) is 0 Å². The maximum atomic E-state index is 13.0. The Kier molecular flexibility index (Phi) is 12.4. The van der Waals surface area contributed by atoms with Crippen LogP contribution in [0.3, 0.4) is 0 Å². The number of nitrogens with one attached hydrogen (secondary N) is 6. The van der Waals surface area contributed by atoms with E-state index in [4.69, 9.17) is 41.6 Å². The van der Waals surface area contributed by atoms with Crippen molar-refractivity contribution in [1.29, 1.82) is 5.41 Å². The zero-order valence-electron chi connectivity index (χ0n) is 25.7. The van der Waals surface area contributed by atoms with Gasteiger partial charge in [-0.15, -0.1) is 0 Å². The molecule has 1 unspecified atom stereocenters. The number of rotatable bonds is 13. The number of hydrogen-bond acceptors (Lipinski definition) is 15. The van der Waals surface area contributed by atoms with Gasteiger partial charge < -0.3 is 83.2 Å². The van der Waals surface area contributed by atoms with Crippen molar-refractivity contribution in [2.45, 2.75) is 105 Å². The predicted octanol–water partition coefficient (Wildman–Crippen LogP) is -5.86. The van der Waals surface area contributed by atoms with Crippen molar-refractivity contribution >= 4 is 11.9 Å². The van der Waals surface area contributed by atoms with Gasteiger partial charge in [-0.05, 0) is 39.3 Å². The molecule has 0 aromatic carbocycles. The SMILES string of the molecule is CN[C@@H]1[C@@H](O)[C@@H](O[C@H]2[C@H](NC(=O)[C@@H](O)CCNC(=N)N)C[C@H](N)C(O[C@H]3OC(CN)=CC[C@H]3NC3CNC3)[C@@H]2O)OC[C@]1(C)O. The molecule has 2 saturated heterocycles. The van der Waals surface area contributed by atoms with Crippen LogP contribution in [0.5, 0.6) is 0 Å². The minimum Gasteiger partial charge on any atom is -0.467 e. The smallest absolute Gasteiger partial charge is 0.249 e. The molecule has 0 spiro atoms. The van der Waals surface area contributed by atoms with Crippen LogP contribution in [0.2, 0.25) is 0 Å². The third kappa shape index (κ3) is 8.79. The van der Waals surface area contributed by atoms with Crippen molar-refractivity contribution in [2.75, 3.05) is 39.8 Å². The molecule has 1 amide bonds. The molecule has 0 radical (unpaired) electrons. The largest absolute Gasteiger partial charge is 0.467 e. The Morgan fingerprint density at radius 1 is 1.22 bits per heavy atom. The Morgan fingerprint density at radius 3 is 2.56 bits per heavy atom. The first-order valence-corrected chi connectivity index (χ1v) is 15.4. The van der Waals surface area contributed by atoms with Gasteiger partial charge in [0, 0.05) is 31.7 Å². The summed E-state index contributed by atoms with van der Waals surface area (Å²) in [6.07, 6.45) is -6.21. The number of carbonyl (C=O) groups is 1. The Balaban J connectivity index is 1.52. The normalized spacial score (nSPS) is 39.6. The van der Waals surface area contributed by atoms with Crippen LogP contribution in [-0.2, 0) is 23.7 Å². The third-order valence-electron chi connectivity index (χ3n) is 8.73. The number of guanidine groups is 1. The molecule has 45 heavy (non-hydrogen) atoms. The molecule has 16 N–H and O–H groups in total. The first-order valence-electron chi connectivity index (χ1n) is 15.4. The van der Waals surface area contributed by atoms with Gasteiger partial charge >= 0.3 is 0 Å². The second-order valence-electron chi connectivity index (χ2n) is 12.4. The minimum absolute atomic E-state index is 0.0473. The molecule has 4 rings (SSSR count). The van der Waals surface area contributed by atoms with E-state index in [1.54, 1.807) is 7.05 Å². The summed E-state index contributed by atoms with van der Waals surface area (Å²) in [4.78, 5) is 13.0. The van der Waals surface area contributed by atoms with E-state index in [1.807, 2.05) is 6.08 Å². The maximum Gasteiger partial charge on any atom is 0.249 e. The number of aliphatic hydroxyl groups excluding tert-OH is 3. The Labute approximate surface area is 262 Å². The second-order valence-corrected chi connectivity index (χ2v) is 12.4. The molecule has 3 heterocycles. The van der Waals surface area contributed by atoms with Gasteiger partial charge in [-0.3, -0.25) is 10.2 Å². The van der Waals surface area contributed by atoms with Crippen LogP contribution < -0.4 is 43.8 Å². The number of amides is 1. The molecule has 3 fully saturated rings. The molecule has 0 aromatic heterocycles. The zero-order valence-corrected chi connectivity index (χ0v) is 25.7. The van der Waals surface area contributed by atoms with Gasteiger partial charge in [0.1, 0.15) is 41.9 Å². The molecule has 1 saturated carbocycles. The molecule has 18 nitrogen and oxygen atoms in total. The van der Waals surface area contributed by atoms with Crippen LogP contribution >= 0.6 is 0 Å². The highest BCUT2D eigenvalue weighted by molar-refractivity contribution is 5.81. The van der Waals surface area contributed by atoms with Gasteiger partial charge in [-0.2, -0.15) is 0 Å². The molecular formula is C27H51N9O9. The van der Waals surface area contributed by atoms with E-state index < -0.39 is 72.7 Å². The van der Waals surface area contributed by atoms with Crippen LogP contribution in [-0.4, -0.2) is 151 Å². The van der Waals surface area contributed by atoms with Gasteiger partial charge in [0.05, 0.1) is 31.3 Å². The van der Waals surface area contributed by atoms with Crippen molar-refractivity contribution in [3.8, 4) is 0 Å².